The van der Waals surface area contributed by atoms with Gasteiger partial charge in [0.1, 0.15) is 0 Å². The van der Waals surface area contributed by atoms with Crippen LogP contribution in [-0.2, 0) is 0 Å². The second-order valence-corrected chi connectivity index (χ2v) is 4.14. The quantitative estimate of drug-likeness (QED) is 0.617. The summed E-state index contributed by atoms with van der Waals surface area (Å²) in [6, 6.07) is 11.7. The molecule has 1 aromatic heterocycles. The van der Waals surface area contributed by atoms with Gasteiger partial charge in [0.15, 0.2) is 6.29 Å². The first-order chi connectivity index (χ1) is 6.81. The van der Waals surface area contributed by atoms with E-state index in [1.54, 1.807) is 6.07 Å². The topological polar surface area (TPSA) is 22.0 Å². The molecule has 70 valence electrons. The summed E-state index contributed by atoms with van der Waals surface area (Å²) in [5.74, 6) is 0. The van der Waals surface area contributed by atoms with Gasteiger partial charge >= 0.3 is 0 Å². The van der Waals surface area contributed by atoms with Crippen LogP contribution in [0.1, 0.15) is 10.5 Å². The van der Waals surface area contributed by atoms with Gasteiger partial charge in [0.2, 0.25) is 0 Å². The van der Waals surface area contributed by atoms with E-state index in [9.17, 15) is 4.79 Å². The fourth-order valence-corrected chi connectivity index (χ4v) is 1.69. The maximum absolute atomic E-state index is 10.7. The molecule has 0 saturated carbocycles. The van der Waals surface area contributed by atoms with E-state index in [1.165, 1.54) is 3.57 Å². The molecule has 0 aliphatic carbocycles. The number of benzene rings is 1. The molecular weight excluding hydrogens is 289 g/mol. The number of nitrogens with zero attached hydrogens (tertiary/aromatic N) is 1. The van der Waals surface area contributed by atoms with Crippen molar-refractivity contribution in [1.82, 2.24) is 4.57 Å². The maximum atomic E-state index is 10.7. The summed E-state index contributed by atoms with van der Waals surface area (Å²) >= 11 is 2.25. The smallest absolute Gasteiger partial charge is 0.166 e. The highest BCUT2D eigenvalue weighted by molar-refractivity contribution is 14.1. The first-order valence-electron chi connectivity index (χ1n) is 4.20. The molecule has 0 aliphatic heterocycles. The van der Waals surface area contributed by atoms with Crippen molar-refractivity contribution in [2.24, 2.45) is 0 Å². The number of hydrogen-bond acceptors (Lipinski definition) is 1. The number of rotatable bonds is 2. The Morgan fingerprint density at radius 2 is 1.86 bits per heavy atom. The van der Waals surface area contributed by atoms with Gasteiger partial charge in [-0.25, -0.2) is 0 Å². The Morgan fingerprint density at radius 3 is 2.50 bits per heavy atom. The number of carbonyl (C=O) groups is 1. The summed E-state index contributed by atoms with van der Waals surface area (Å²) in [6.45, 7) is 0. The summed E-state index contributed by atoms with van der Waals surface area (Å²) < 4.78 is 3.05. The van der Waals surface area contributed by atoms with E-state index in [4.69, 9.17) is 0 Å². The van der Waals surface area contributed by atoms with Crippen LogP contribution in [0, 0.1) is 3.57 Å². The molecule has 0 atom stereocenters. The van der Waals surface area contributed by atoms with Gasteiger partial charge in [0, 0.05) is 15.5 Å². The number of aromatic nitrogens is 1. The van der Waals surface area contributed by atoms with E-state index in [-0.39, 0.29) is 0 Å². The standard InChI is InChI=1S/C11H8INO/c12-9-3-5-10(6-4-9)13-7-1-2-11(13)8-14/h1-8H. The molecule has 0 bridgehead atoms. The van der Waals surface area contributed by atoms with Crippen LogP contribution in [0.4, 0.5) is 0 Å². The average molecular weight is 297 g/mol. The first-order valence-corrected chi connectivity index (χ1v) is 5.27. The van der Waals surface area contributed by atoms with Gasteiger partial charge in [-0.15, -0.1) is 0 Å². The highest BCUT2D eigenvalue weighted by Gasteiger charge is 2.00. The Labute approximate surface area is 95.7 Å². The third kappa shape index (κ3) is 1.72. The molecular formula is C11H8INO. The van der Waals surface area contributed by atoms with Crippen LogP contribution < -0.4 is 0 Å². The molecule has 0 N–H and O–H groups in total. The third-order valence-electron chi connectivity index (χ3n) is 2.01. The van der Waals surface area contributed by atoms with Crippen LogP contribution in [0.25, 0.3) is 5.69 Å². The molecule has 0 radical (unpaired) electrons. The van der Waals surface area contributed by atoms with E-state index in [0.717, 1.165) is 12.0 Å². The Balaban J connectivity index is 2.49. The van der Waals surface area contributed by atoms with Gasteiger partial charge in [0.25, 0.3) is 0 Å². The predicted molar refractivity (Wildman–Crippen MR) is 63.9 cm³/mol. The van der Waals surface area contributed by atoms with Crippen LogP contribution >= 0.6 is 22.6 Å². The van der Waals surface area contributed by atoms with Crippen LogP contribution in [0.3, 0.4) is 0 Å². The van der Waals surface area contributed by atoms with Crippen LogP contribution in [-0.4, -0.2) is 10.9 Å². The molecule has 2 nitrogen and oxygen atoms in total. The molecule has 1 heterocycles. The average Bonchev–Trinajstić information content (AvgIpc) is 2.67. The zero-order chi connectivity index (χ0) is 9.97. The molecule has 3 heteroatoms. The Morgan fingerprint density at radius 1 is 1.14 bits per heavy atom. The van der Waals surface area contributed by atoms with Gasteiger partial charge in [-0.3, -0.25) is 4.79 Å². The normalized spacial score (nSPS) is 10.1. The molecule has 0 aliphatic rings. The second kappa shape index (κ2) is 3.96. The molecule has 2 rings (SSSR count). The van der Waals surface area contributed by atoms with E-state index in [2.05, 4.69) is 22.6 Å². The van der Waals surface area contributed by atoms with E-state index >= 15 is 0 Å². The molecule has 14 heavy (non-hydrogen) atoms. The molecule has 0 unspecified atom stereocenters. The maximum Gasteiger partial charge on any atom is 0.166 e. The third-order valence-corrected chi connectivity index (χ3v) is 2.73. The predicted octanol–water partition coefficient (Wildman–Crippen LogP) is 2.89. The summed E-state index contributed by atoms with van der Waals surface area (Å²) in [7, 11) is 0. The summed E-state index contributed by atoms with van der Waals surface area (Å²) in [5, 5.41) is 0. The Kier molecular flexibility index (Phi) is 2.67. The monoisotopic (exact) mass is 297 g/mol. The fraction of sp³-hybridized carbons (Fsp3) is 0. The summed E-state index contributed by atoms with van der Waals surface area (Å²) in [6.07, 6.45) is 2.74. The highest BCUT2D eigenvalue weighted by atomic mass is 127. The van der Waals surface area contributed by atoms with Crippen LogP contribution in [0.15, 0.2) is 42.6 Å². The minimum atomic E-state index is 0.672. The van der Waals surface area contributed by atoms with Crippen molar-refractivity contribution >= 4 is 28.9 Å². The minimum Gasteiger partial charge on any atom is -0.314 e. The highest BCUT2D eigenvalue weighted by Crippen LogP contribution is 2.13. The van der Waals surface area contributed by atoms with Crippen LogP contribution in [0.5, 0.6) is 0 Å². The van der Waals surface area contributed by atoms with Gasteiger partial charge in [-0.05, 0) is 59.0 Å². The molecule has 0 saturated heterocycles. The Bertz CT molecular complexity index is 445. The van der Waals surface area contributed by atoms with Gasteiger partial charge in [-0.1, -0.05) is 0 Å². The van der Waals surface area contributed by atoms with Crippen molar-refractivity contribution in [1.29, 1.82) is 0 Å². The lowest BCUT2D eigenvalue weighted by Gasteiger charge is -2.04. The summed E-state index contributed by atoms with van der Waals surface area (Å²) in [5.41, 5.74) is 1.68. The second-order valence-electron chi connectivity index (χ2n) is 2.90. The van der Waals surface area contributed by atoms with Crippen molar-refractivity contribution in [3.8, 4) is 5.69 Å². The minimum absolute atomic E-state index is 0.672. The van der Waals surface area contributed by atoms with E-state index in [0.29, 0.717) is 5.69 Å². The SMILES string of the molecule is O=Cc1cccn1-c1ccc(I)cc1. The van der Waals surface area contributed by atoms with Crippen molar-refractivity contribution in [3.63, 3.8) is 0 Å². The number of hydrogen-bond donors (Lipinski definition) is 0. The van der Waals surface area contributed by atoms with Crippen molar-refractivity contribution < 1.29 is 4.79 Å². The largest absolute Gasteiger partial charge is 0.314 e. The molecule has 1 aromatic carbocycles. The van der Waals surface area contributed by atoms with E-state index in [1.807, 2.05) is 41.1 Å². The fourth-order valence-electron chi connectivity index (χ4n) is 1.33. The summed E-state index contributed by atoms with van der Waals surface area (Å²) in [4.78, 5) is 10.7. The van der Waals surface area contributed by atoms with Gasteiger partial charge in [-0.2, -0.15) is 0 Å². The molecule has 0 amide bonds. The van der Waals surface area contributed by atoms with Gasteiger partial charge < -0.3 is 4.57 Å². The molecule has 2 aromatic rings. The molecule has 0 spiro atoms. The number of carbonyl (C=O) groups excluding carboxylic acids is 1. The lowest BCUT2D eigenvalue weighted by atomic mass is 10.3. The first kappa shape index (κ1) is 9.45. The van der Waals surface area contributed by atoms with E-state index < -0.39 is 0 Å². The number of aldehydes is 1. The van der Waals surface area contributed by atoms with Crippen LogP contribution in [0.2, 0.25) is 0 Å². The zero-order valence-corrected chi connectivity index (χ0v) is 9.51. The lowest BCUT2D eigenvalue weighted by Crippen LogP contribution is -1.96. The van der Waals surface area contributed by atoms with Gasteiger partial charge in [0.05, 0.1) is 5.69 Å². The zero-order valence-electron chi connectivity index (χ0n) is 7.35. The Hall–Kier alpha value is -1.10. The van der Waals surface area contributed by atoms with Crippen molar-refractivity contribution in [2.45, 2.75) is 0 Å². The van der Waals surface area contributed by atoms with Crippen molar-refractivity contribution in [3.05, 3.63) is 51.9 Å². The number of halogens is 1. The lowest BCUT2D eigenvalue weighted by molar-refractivity contribution is 0.111. The van der Waals surface area contributed by atoms with Crippen molar-refractivity contribution in [2.75, 3.05) is 0 Å². The molecule has 0 fully saturated rings.